The summed E-state index contributed by atoms with van der Waals surface area (Å²) in [5.74, 6) is 0.415. The van der Waals surface area contributed by atoms with Crippen LogP contribution in [0.1, 0.15) is 19.4 Å². The molecule has 0 saturated heterocycles. The monoisotopic (exact) mass is 203 g/mol. The summed E-state index contributed by atoms with van der Waals surface area (Å²) < 4.78 is 15.4. The predicted molar refractivity (Wildman–Crippen MR) is 47.8 cm³/mol. The van der Waals surface area contributed by atoms with Crippen LogP contribution >= 0.6 is 7.60 Å². The molecule has 0 aliphatic heterocycles. The van der Waals surface area contributed by atoms with Gasteiger partial charge in [-0.3, -0.25) is 4.57 Å². The molecule has 5 heteroatoms. The lowest BCUT2D eigenvalue weighted by atomic mass is 10.1. The molecule has 0 aliphatic carbocycles. The summed E-state index contributed by atoms with van der Waals surface area (Å²) in [7, 11) is -4.26. The van der Waals surface area contributed by atoms with Gasteiger partial charge in [-0.2, -0.15) is 0 Å². The fourth-order valence-corrected chi connectivity index (χ4v) is 1.48. The summed E-state index contributed by atoms with van der Waals surface area (Å²) in [6.07, 6.45) is 2.05. The van der Waals surface area contributed by atoms with Crippen LogP contribution in [0, 0.1) is 12.0 Å². The van der Waals surface area contributed by atoms with Gasteiger partial charge in [0.15, 0.2) is 0 Å². The fourth-order valence-electron chi connectivity index (χ4n) is 1.00. The van der Waals surface area contributed by atoms with Gasteiger partial charge >= 0.3 is 7.60 Å². The molecule has 0 bridgehead atoms. The van der Waals surface area contributed by atoms with E-state index in [0.717, 1.165) is 0 Å². The fraction of sp³-hybridized carbons (Fsp3) is 0.500. The first kappa shape index (κ1) is 10.5. The van der Waals surface area contributed by atoms with Crippen molar-refractivity contribution < 1.29 is 18.8 Å². The highest BCUT2D eigenvalue weighted by Gasteiger charge is 2.22. The number of hydrogen-bond donors (Lipinski definition) is 2. The van der Waals surface area contributed by atoms with Crippen LogP contribution in [0.4, 0.5) is 0 Å². The molecule has 1 heterocycles. The lowest BCUT2D eigenvalue weighted by Crippen LogP contribution is -2.00. The van der Waals surface area contributed by atoms with Crippen LogP contribution in [0.3, 0.4) is 0 Å². The molecule has 0 atom stereocenters. The van der Waals surface area contributed by atoms with E-state index in [1.165, 1.54) is 6.26 Å². The van der Waals surface area contributed by atoms with Crippen LogP contribution in [0.25, 0.3) is 0 Å². The Labute approximate surface area is 76.7 Å². The molecule has 0 amide bonds. The van der Waals surface area contributed by atoms with Crippen molar-refractivity contribution in [2.24, 2.45) is 5.92 Å². The van der Waals surface area contributed by atoms with E-state index in [4.69, 9.17) is 14.2 Å². The van der Waals surface area contributed by atoms with E-state index in [0.29, 0.717) is 17.9 Å². The molecule has 1 aromatic rings. The first-order valence-corrected chi connectivity index (χ1v) is 5.56. The Morgan fingerprint density at radius 2 is 2.23 bits per heavy atom. The van der Waals surface area contributed by atoms with E-state index in [2.05, 4.69) is 6.07 Å². The van der Waals surface area contributed by atoms with Gasteiger partial charge in [-0.25, -0.2) is 0 Å². The van der Waals surface area contributed by atoms with Gasteiger partial charge in [0.2, 0.25) is 5.50 Å². The first-order valence-electron chi connectivity index (χ1n) is 3.95. The summed E-state index contributed by atoms with van der Waals surface area (Å²) >= 11 is 0. The SMILES string of the molecule is CC(C)Cc1[c]c(P(=O)(O)O)oc1. The van der Waals surface area contributed by atoms with Crippen molar-refractivity contribution in [3.8, 4) is 0 Å². The number of rotatable bonds is 3. The molecule has 0 aliphatic rings. The van der Waals surface area contributed by atoms with E-state index in [9.17, 15) is 4.57 Å². The molecular formula is C8H12O4P. The van der Waals surface area contributed by atoms with E-state index < -0.39 is 7.60 Å². The molecule has 0 aromatic carbocycles. The summed E-state index contributed by atoms with van der Waals surface area (Å²) in [5, 5.41) is 0. The Hall–Kier alpha value is -0.570. The Morgan fingerprint density at radius 1 is 1.62 bits per heavy atom. The Balaban J connectivity index is 2.81. The standard InChI is InChI=1S/C8H12O4P/c1-6(2)3-7-4-8(12-5-7)13(9,10)11/h5-6H,3H2,1-2H3,(H2,9,10,11). The van der Waals surface area contributed by atoms with Crippen LogP contribution in [-0.2, 0) is 11.0 Å². The summed E-state index contributed by atoms with van der Waals surface area (Å²) in [4.78, 5) is 17.4. The lowest BCUT2D eigenvalue weighted by molar-refractivity contribution is 0.376. The lowest BCUT2D eigenvalue weighted by Gasteiger charge is -1.98. The highest BCUT2D eigenvalue weighted by Crippen LogP contribution is 2.33. The van der Waals surface area contributed by atoms with Crippen LogP contribution in [0.5, 0.6) is 0 Å². The first-order chi connectivity index (χ1) is 5.89. The van der Waals surface area contributed by atoms with Crippen LogP contribution in [0.15, 0.2) is 10.7 Å². The van der Waals surface area contributed by atoms with Gasteiger partial charge in [0.25, 0.3) is 0 Å². The maximum absolute atomic E-state index is 10.7. The largest absolute Gasteiger partial charge is 0.455 e. The molecule has 0 saturated carbocycles. The Kier molecular flexibility index (Phi) is 2.96. The quantitative estimate of drug-likeness (QED) is 0.721. The predicted octanol–water partition coefficient (Wildman–Crippen LogP) is 1.08. The number of hydrogen-bond acceptors (Lipinski definition) is 2. The second kappa shape index (κ2) is 3.66. The van der Waals surface area contributed by atoms with Crippen molar-refractivity contribution in [1.82, 2.24) is 0 Å². The van der Waals surface area contributed by atoms with Gasteiger partial charge in [0, 0.05) is 6.07 Å². The van der Waals surface area contributed by atoms with Gasteiger partial charge in [0.05, 0.1) is 6.26 Å². The van der Waals surface area contributed by atoms with Crippen molar-refractivity contribution in [3.05, 3.63) is 17.9 Å². The second-order valence-electron chi connectivity index (χ2n) is 3.33. The minimum atomic E-state index is -4.26. The molecule has 73 valence electrons. The highest BCUT2D eigenvalue weighted by atomic mass is 31.2. The molecule has 0 unspecified atom stereocenters. The third-order valence-electron chi connectivity index (χ3n) is 1.47. The van der Waals surface area contributed by atoms with Gasteiger partial charge in [0.1, 0.15) is 0 Å². The molecular weight excluding hydrogens is 191 g/mol. The second-order valence-corrected chi connectivity index (χ2v) is 4.83. The van der Waals surface area contributed by atoms with E-state index >= 15 is 0 Å². The minimum Gasteiger partial charge on any atom is -0.455 e. The summed E-state index contributed by atoms with van der Waals surface area (Å²) in [5.41, 5.74) is 0.330. The van der Waals surface area contributed by atoms with Crippen LogP contribution < -0.4 is 5.50 Å². The van der Waals surface area contributed by atoms with Gasteiger partial charge < -0.3 is 14.2 Å². The minimum absolute atomic E-state index is 0.372. The molecule has 0 spiro atoms. The van der Waals surface area contributed by atoms with Crippen molar-refractivity contribution >= 4 is 13.1 Å². The highest BCUT2D eigenvalue weighted by molar-refractivity contribution is 7.59. The molecule has 4 nitrogen and oxygen atoms in total. The Morgan fingerprint density at radius 3 is 2.62 bits per heavy atom. The third kappa shape index (κ3) is 2.99. The van der Waals surface area contributed by atoms with E-state index in [1.807, 2.05) is 13.8 Å². The maximum atomic E-state index is 10.7. The average molecular weight is 203 g/mol. The zero-order valence-electron chi connectivity index (χ0n) is 7.52. The van der Waals surface area contributed by atoms with Crippen LogP contribution in [-0.4, -0.2) is 9.79 Å². The molecule has 0 fully saturated rings. The van der Waals surface area contributed by atoms with Gasteiger partial charge in [-0.15, -0.1) is 0 Å². The molecule has 1 radical (unpaired) electrons. The van der Waals surface area contributed by atoms with Crippen molar-refractivity contribution in [1.29, 1.82) is 0 Å². The normalized spacial score (nSPS) is 12.4. The topological polar surface area (TPSA) is 70.7 Å². The number of furan rings is 1. The summed E-state index contributed by atoms with van der Waals surface area (Å²) in [6, 6.07) is 2.55. The maximum Gasteiger partial charge on any atom is 0.391 e. The van der Waals surface area contributed by atoms with Crippen molar-refractivity contribution in [2.75, 3.05) is 0 Å². The van der Waals surface area contributed by atoms with E-state index in [1.54, 1.807) is 0 Å². The van der Waals surface area contributed by atoms with Crippen molar-refractivity contribution in [3.63, 3.8) is 0 Å². The molecule has 1 rings (SSSR count). The molecule has 13 heavy (non-hydrogen) atoms. The van der Waals surface area contributed by atoms with Gasteiger partial charge in [-0.05, 0) is 17.9 Å². The summed E-state index contributed by atoms with van der Waals surface area (Å²) in [6.45, 7) is 4.02. The average Bonchev–Trinajstić information content (AvgIpc) is 2.32. The Bertz CT molecular complexity index is 323. The van der Waals surface area contributed by atoms with Crippen molar-refractivity contribution in [2.45, 2.75) is 20.3 Å². The molecule has 2 N–H and O–H groups in total. The van der Waals surface area contributed by atoms with E-state index in [-0.39, 0.29) is 5.50 Å². The zero-order chi connectivity index (χ0) is 10.1. The zero-order valence-corrected chi connectivity index (χ0v) is 8.41. The smallest absolute Gasteiger partial charge is 0.391 e. The van der Waals surface area contributed by atoms with Crippen LogP contribution in [0.2, 0.25) is 0 Å². The third-order valence-corrected chi connectivity index (χ3v) is 2.22. The molecule has 1 aromatic heterocycles. The van der Waals surface area contributed by atoms with Gasteiger partial charge in [-0.1, -0.05) is 13.8 Å².